The lowest BCUT2D eigenvalue weighted by Gasteiger charge is -2.40. The van der Waals surface area contributed by atoms with Crippen LogP contribution in [0.25, 0.3) is 0 Å². The van der Waals surface area contributed by atoms with E-state index >= 15 is 0 Å². The Balaban J connectivity index is 1.82. The van der Waals surface area contributed by atoms with Gasteiger partial charge in [-0.2, -0.15) is 22.5 Å². The van der Waals surface area contributed by atoms with Crippen LogP contribution in [0.1, 0.15) is 18.9 Å². The second-order valence-electron chi connectivity index (χ2n) is 7.59. The van der Waals surface area contributed by atoms with Crippen LogP contribution >= 0.6 is 11.6 Å². The number of anilines is 2. The van der Waals surface area contributed by atoms with Gasteiger partial charge in [0.15, 0.2) is 5.82 Å². The highest BCUT2D eigenvalue weighted by Gasteiger charge is 2.47. The molecule has 2 aliphatic heterocycles. The molecule has 0 N–H and O–H groups in total. The third-order valence-electron chi connectivity index (χ3n) is 5.49. The highest BCUT2D eigenvalue weighted by molar-refractivity contribution is 6.29. The predicted octanol–water partition coefficient (Wildman–Crippen LogP) is 3.00. The molecular weight excluding hydrogens is 442 g/mol. The molecule has 4 heterocycles. The smallest absolute Gasteiger partial charge is 0.377 e. The SMILES string of the molecule is C[C@@H]1COCCN1c1nc2n(c(=O)c1F)CCC(C(F)(F)F)N2Cc1ccc(Cl)nc1. The Morgan fingerprint density at radius 1 is 1.29 bits per heavy atom. The zero-order valence-corrected chi connectivity index (χ0v) is 17.3. The molecule has 0 saturated carbocycles. The van der Waals surface area contributed by atoms with Gasteiger partial charge in [-0.1, -0.05) is 17.7 Å². The summed E-state index contributed by atoms with van der Waals surface area (Å²) in [5, 5.41) is 0.204. The third-order valence-corrected chi connectivity index (χ3v) is 5.72. The van der Waals surface area contributed by atoms with Gasteiger partial charge in [-0.25, -0.2) is 4.98 Å². The molecular formula is C19H20ClF4N5O2. The maximum absolute atomic E-state index is 14.9. The number of halogens is 5. The van der Waals surface area contributed by atoms with Crippen molar-refractivity contribution in [1.82, 2.24) is 14.5 Å². The van der Waals surface area contributed by atoms with E-state index in [0.717, 1.165) is 9.47 Å². The quantitative estimate of drug-likeness (QED) is 0.517. The van der Waals surface area contributed by atoms with Gasteiger partial charge in [0, 0.05) is 25.8 Å². The number of morpholine rings is 1. The van der Waals surface area contributed by atoms with Gasteiger partial charge in [0.1, 0.15) is 11.2 Å². The summed E-state index contributed by atoms with van der Waals surface area (Å²) in [6.45, 7) is 2.14. The number of pyridine rings is 1. The first-order valence-corrected chi connectivity index (χ1v) is 10.1. The molecule has 0 aromatic carbocycles. The average Bonchev–Trinajstić information content (AvgIpc) is 2.72. The number of hydrogen-bond donors (Lipinski definition) is 0. The van der Waals surface area contributed by atoms with Crippen molar-refractivity contribution in [3.05, 3.63) is 45.2 Å². The molecule has 12 heteroatoms. The van der Waals surface area contributed by atoms with Crippen molar-refractivity contribution in [2.75, 3.05) is 29.6 Å². The van der Waals surface area contributed by atoms with Crippen molar-refractivity contribution in [2.45, 2.75) is 44.7 Å². The maximum Gasteiger partial charge on any atom is 0.408 e. The first kappa shape index (κ1) is 21.8. The lowest BCUT2D eigenvalue weighted by molar-refractivity contribution is -0.153. The number of ether oxygens (including phenoxy) is 1. The summed E-state index contributed by atoms with van der Waals surface area (Å²) in [5.41, 5.74) is -0.537. The molecule has 4 rings (SSSR count). The van der Waals surface area contributed by atoms with Gasteiger partial charge in [0.05, 0.1) is 19.3 Å². The van der Waals surface area contributed by atoms with Crippen molar-refractivity contribution in [3.8, 4) is 0 Å². The lowest BCUT2D eigenvalue weighted by atomic mass is 10.1. The van der Waals surface area contributed by atoms with E-state index in [2.05, 4.69) is 9.97 Å². The van der Waals surface area contributed by atoms with Crippen LogP contribution in [0.3, 0.4) is 0 Å². The second-order valence-corrected chi connectivity index (χ2v) is 7.97. The number of rotatable bonds is 3. The lowest BCUT2D eigenvalue weighted by Crippen LogP contribution is -2.53. The number of aromatic nitrogens is 3. The van der Waals surface area contributed by atoms with Crippen molar-refractivity contribution in [2.24, 2.45) is 0 Å². The van der Waals surface area contributed by atoms with Crippen molar-refractivity contribution in [3.63, 3.8) is 0 Å². The predicted molar refractivity (Wildman–Crippen MR) is 106 cm³/mol. The summed E-state index contributed by atoms with van der Waals surface area (Å²) in [7, 11) is 0. The van der Waals surface area contributed by atoms with Crippen molar-refractivity contribution >= 4 is 23.4 Å². The molecule has 7 nitrogen and oxygen atoms in total. The Morgan fingerprint density at radius 2 is 2.06 bits per heavy atom. The zero-order chi connectivity index (χ0) is 22.3. The molecule has 0 bridgehead atoms. The number of hydrogen-bond acceptors (Lipinski definition) is 6. The van der Waals surface area contributed by atoms with Crippen LogP contribution in [-0.2, 0) is 17.8 Å². The molecule has 0 spiro atoms. The van der Waals surface area contributed by atoms with Crippen LogP contribution in [0, 0.1) is 5.82 Å². The summed E-state index contributed by atoms with van der Waals surface area (Å²) in [6, 6.07) is 0.855. The highest BCUT2D eigenvalue weighted by atomic mass is 35.5. The molecule has 168 valence electrons. The Morgan fingerprint density at radius 3 is 2.71 bits per heavy atom. The van der Waals surface area contributed by atoms with Gasteiger partial charge in [-0.05, 0) is 25.0 Å². The van der Waals surface area contributed by atoms with Crippen LogP contribution in [0.5, 0.6) is 0 Å². The van der Waals surface area contributed by atoms with E-state index in [4.69, 9.17) is 16.3 Å². The fraction of sp³-hybridized carbons (Fsp3) is 0.526. The van der Waals surface area contributed by atoms with E-state index in [1.807, 2.05) is 0 Å². The normalized spacial score (nSPS) is 21.9. The molecule has 31 heavy (non-hydrogen) atoms. The monoisotopic (exact) mass is 461 g/mol. The van der Waals surface area contributed by atoms with Crippen LogP contribution < -0.4 is 15.4 Å². The first-order chi connectivity index (χ1) is 14.7. The molecule has 0 aliphatic carbocycles. The van der Waals surface area contributed by atoms with Crippen LogP contribution in [0.2, 0.25) is 5.15 Å². The minimum Gasteiger partial charge on any atom is -0.377 e. The Hall–Kier alpha value is -2.40. The molecule has 2 atom stereocenters. The fourth-order valence-corrected chi connectivity index (χ4v) is 4.04. The van der Waals surface area contributed by atoms with Crippen molar-refractivity contribution in [1.29, 1.82) is 0 Å². The van der Waals surface area contributed by atoms with Gasteiger partial charge in [0.25, 0.3) is 5.56 Å². The van der Waals surface area contributed by atoms with E-state index in [0.29, 0.717) is 18.8 Å². The Kier molecular flexibility index (Phi) is 5.82. The van der Waals surface area contributed by atoms with Gasteiger partial charge in [-0.3, -0.25) is 9.36 Å². The van der Waals surface area contributed by atoms with Gasteiger partial charge >= 0.3 is 6.18 Å². The van der Waals surface area contributed by atoms with E-state index in [-0.39, 0.29) is 42.6 Å². The summed E-state index contributed by atoms with van der Waals surface area (Å²) in [4.78, 5) is 23.4. The summed E-state index contributed by atoms with van der Waals surface area (Å²) < 4.78 is 62.8. The number of nitrogens with zero attached hydrogens (tertiary/aromatic N) is 5. The standard InChI is InChI=1S/C19H20ClF4N5O2/c1-11-10-31-7-6-27(11)16-15(21)17(30)28-5-4-13(19(22,23)24)29(18(28)26-16)9-12-2-3-14(20)25-8-12/h2-3,8,11,13H,4-7,9-10H2,1H3/t11-,13?/m1/s1. The first-order valence-electron chi connectivity index (χ1n) is 9.75. The Bertz CT molecular complexity index is 1010. The Labute approximate surface area is 180 Å². The summed E-state index contributed by atoms with van der Waals surface area (Å²) >= 11 is 5.78. The van der Waals surface area contributed by atoms with E-state index in [9.17, 15) is 22.4 Å². The molecule has 2 aromatic rings. The second kappa shape index (κ2) is 8.27. The fourth-order valence-electron chi connectivity index (χ4n) is 3.93. The number of alkyl halides is 3. The van der Waals surface area contributed by atoms with Crippen LogP contribution in [0.4, 0.5) is 29.3 Å². The van der Waals surface area contributed by atoms with E-state index in [1.165, 1.54) is 12.3 Å². The third kappa shape index (κ3) is 4.20. The topological polar surface area (TPSA) is 63.5 Å². The van der Waals surface area contributed by atoms with Gasteiger partial charge < -0.3 is 14.5 Å². The minimum atomic E-state index is -4.57. The maximum atomic E-state index is 14.9. The summed E-state index contributed by atoms with van der Waals surface area (Å²) in [5.74, 6) is -1.55. The molecule has 0 amide bonds. The van der Waals surface area contributed by atoms with E-state index in [1.54, 1.807) is 17.9 Å². The molecule has 2 aromatic heterocycles. The zero-order valence-electron chi connectivity index (χ0n) is 16.6. The molecule has 1 fully saturated rings. The largest absolute Gasteiger partial charge is 0.408 e. The minimum absolute atomic E-state index is 0.204. The molecule has 1 unspecified atom stereocenters. The van der Waals surface area contributed by atoms with Gasteiger partial charge in [0.2, 0.25) is 11.8 Å². The van der Waals surface area contributed by atoms with Gasteiger partial charge in [-0.15, -0.1) is 0 Å². The average molecular weight is 462 g/mol. The van der Waals surface area contributed by atoms with E-state index < -0.39 is 30.0 Å². The highest BCUT2D eigenvalue weighted by Crippen LogP contribution is 2.36. The molecule has 1 saturated heterocycles. The number of fused-ring (bicyclic) bond motifs is 1. The molecule has 2 aliphatic rings. The van der Waals surface area contributed by atoms with Crippen LogP contribution in [-0.4, -0.2) is 52.6 Å². The summed E-state index contributed by atoms with van der Waals surface area (Å²) in [6.07, 6.45) is -3.60. The molecule has 0 radical (unpaired) electrons. The van der Waals surface area contributed by atoms with Crippen molar-refractivity contribution < 1.29 is 22.3 Å². The van der Waals surface area contributed by atoms with Crippen LogP contribution in [0.15, 0.2) is 23.1 Å².